The van der Waals surface area contributed by atoms with E-state index in [9.17, 15) is 0 Å². The Balaban J connectivity index is 2.15. The summed E-state index contributed by atoms with van der Waals surface area (Å²) in [5.74, 6) is 1.66. The molecule has 4 nitrogen and oxygen atoms in total. The van der Waals surface area contributed by atoms with Crippen LogP contribution in [0.2, 0.25) is 0 Å². The van der Waals surface area contributed by atoms with Gasteiger partial charge in [0, 0.05) is 13.1 Å². The van der Waals surface area contributed by atoms with Crippen LogP contribution in [0.3, 0.4) is 0 Å². The monoisotopic (exact) mass is 230 g/mol. The highest BCUT2D eigenvalue weighted by molar-refractivity contribution is 5.55. The molecule has 0 spiro atoms. The highest BCUT2D eigenvalue weighted by atomic mass is 15.2. The topological polar surface area (TPSA) is 65.9 Å². The van der Waals surface area contributed by atoms with Crippen molar-refractivity contribution in [1.82, 2.24) is 4.98 Å². The number of anilines is 2. The number of hydrogen-bond acceptors (Lipinski definition) is 4. The van der Waals surface area contributed by atoms with E-state index < -0.39 is 0 Å². The van der Waals surface area contributed by atoms with Crippen molar-refractivity contribution < 1.29 is 0 Å². The predicted molar refractivity (Wildman–Crippen MR) is 68.6 cm³/mol. The van der Waals surface area contributed by atoms with E-state index in [1.165, 1.54) is 19.3 Å². The van der Waals surface area contributed by atoms with Crippen LogP contribution < -0.4 is 10.6 Å². The molecule has 1 aliphatic carbocycles. The smallest absolute Gasteiger partial charge is 0.165 e. The zero-order chi connectivity index (χ0) is 12.3. The Morgan fingerprint density at radius 1 is 1.53 bits per heavy atom. The van der Waals surface area contributed by atoms with Crippen molar-refractivity contribution in [2.24, 2.45) is 5.92 Å². The van der Waals surface area contributed by atoms with Gasteiger partial charge in [0.25, 0.3) is 0 Å². The fraction of sp³-hybridized carbons (Fsp3) is 0.538. The molecule has 1 saturated carbocycles. The molecule has 1 aromatic heterocycles. The van der Waals surface area contributed by atoms with Gasteiger partial charge in [0.15, 0.2) is 5.69 Å². The first-order chi connectivity index (χ1) is 8.24. The number of hydrogen-bond donors (Lipinski definition) is 1. The first kappa shape index (κ1) is 11.7. The molecule has 0 amide bonds. The van der Waals surface area contributed by atoms with Gasteiger partial charge in [0.1, 0.15) is 11.9 Å². The number of nitrogens with zero attached hydrogens (tertiary/aromatic N) is 3. The Morgan fingerprint density at radius 3 is 2.82 bits per heavy atom. The predicted octanol–water partition coefficient (Wildman–Crippen LogP) is 2.16. The Labute approximate surface area is 102 Å². The highest BCUT2D eigenvalue weighted by Crippen LogP contribution is 2.28. The van der Waals surface area contributed by atoms with Gasteiger partial charge in [-0.3, -0.25) is 0 Å². The average molecular weight is 230 g/mol. The summed E-state index contributed by atoms with van der Waals surface area (Å²) in [7, 11) is 0. The van der Waals surface area contributed by atoms with E-state index in [1.807, 2.05) is 12.1 Å². The average Bonchev–Trinajstić information content (AvgIpc) is 2.29. The largest absolute Gasteiger partial charge is 0.396 e. The van der Waals surface area contributed by atoms with Gasteiger partial charge < -0.3 is 10.6 Å². The standard InChI is InChI=1S/C13H18N4/c1-2-17(9-10-4-3-5-10)13-7-6-11(15)12(8-14)16-13/h6-7,10H,2-5,9,15H2,1H3. The van der Waals surface area contributed by atoms with Crippen molar-refractivity contribution in [2.75, 3.05) is 23.7 Å². The van der Waals surface area contributed by atoms with E-state index in [1.54, 1.807) is 6.07 Å². The van der Waals surface area contributed by atoms with Gasteiger partial charge in [0.2, 0.25) is 0 Å². The molecule has 0 aromatic carbocycles. The zero-order valence-corrected chi connectivity index (χ0v) is 10.2. The van der Waals surface area contributed by atoms with Crippen molar-refractivity contribution >= 4 is 11.5 Å². The van der Waals surface area contributed by atoms with Crippen LogP contribution in [0, 0.1) is 17.2 Å². The van der Waals surface area contributed by atoms with Crippen molar-refractivity contribution in [1.29, 1.82) is 5.26 Å². The first-order valence-electron chi connectivity index (χ1n) is 6.16. The van der Waals surface area contributed by atoms with Crippen LogP contribution in [0.1, 0.15) is 31.9 Å². The maximum Gasteiger partial charge on any atom is 0.165 e. The molecular formula is C13H18N4. The summed E-state index contributed by atoms with van der Waals surface area (Å²) < 4.78 is 0. The molecule has 1 aromatic rings. The summed E-state index contributed by atoms with van der Waals surface area (Å²) in [6.07, 6.45) is 3.98. The molecule has 17 heavy (non-hydrogen) atoms. The van der Waals surface area contributed by atoms with Crippen LogP contribution in [0.5, 0.6) is 0 Å². The maximum atomic E-state index is 8.93. The molecule has 1 aliphatic rings. The van der Waals surface area contributed by atoms with Crippen LogP contribution in [-0.2, 0) is 0 Å². The minimum absolute atomic E-state index is 0.328. The van der Waals surface area contributed by atoms with E-state index in [2.05, 4.69) is 16.8 Å². The highest BCUT2D eigenvalue weighted by Gasteiger charge is 2.21. The van der Waals surface area contributed by atoms with Gasteiger partial charge in [-0.25, -0.2) is 4.98 Å². The molecule has 1 fully saturated rings. The summed E-state index contributed by atoms with van der Waals surface area (Å²) in [6.45, 7) is 4.07. The van der Waals surface area contributed by atoms with Gasteiger partial charge in [-0.2, -0.15) is 5.26 Å². The number of aromatic nitrogens is 1. The first-order valence-corrected chi connectivity index (χ1v) is 6.16. The SMILES string of the molecule is CCN(CC1CCC1)c1ccc(N)c(C#N)n1. The summed E-state index contributed by atoms with van der Waals surface area (Å²) in [5.41, 5.74) is 6.46. The summed E-state index contributed by atoms with van der Waals surface area (Å²) in [6, 6.07) is 5.70. The van der Waals surface area contributed by atoms with Crippen LogP contribution in [0.25, 0.3) is 0 Å². The minimum Gasteiger partial charge on any atom is -0.396 e. The number of pyridine rings is 1. The van der Waals surface area contributed by atoms with Crippen molar-refractivity contribution in [3.05, 3.63) is 17.8 Å². The molecule has 0 atom stereocenters. The molecule has 90 valence electrons. The second-order valence-corrected chi connectivity index (χ2v) is 4.55. The summed E-state index contributed by atoms with van der Waals surface area (Å²) in [5, 5.41) is 8.93. The van der Waals surface area contributed by atoms with Crippen LogP contribution in [-0.4, -0.2) is 18.1 Å². The Morgan fingerprint density at radius 2 is 2.29 bits per heavy atom. The van der Waals surface area contributed by atoms with E-state index >= 15 is 0 Å². The molecule has 4 heteroatoms. The van der Waals surface area contributed by atoms with Gasteiger partial charge >= 0.3 is 0 Å². The zero-order valence-electron chi connectivity index (χ0n) is 10.2. The van der Waals surface area contributed by atoms with Crippen LogP contribution in [0.15, 0.2) is 12.1 Å². The maximum absolute atomic E-state index is 8.93. The Bertz CT molecular complexity index is 432. The summed E-state index contributed by atoms with van der Waals surface area (Å²) >= 11 is 0. The molecule has 0 bridgehead atoms. The van der Waals surface area contributed by atoms with E-state index in [-0.39, 0.29) is 0 Å². The molecule has 0 unspecified atom stereocenters. The lowest BCUT2D eigenvalue weighted by atomic mass is 9.85. The Hall–Kier alpha value is -1.76. The fourth-order valence-corrected chi connectivity index (χ4v) is 2.10. The van der Waals surface area contributed by atoms with Crippen molar-refractivity contribution in [3.8, 4) is 6.07 Å². The van der Waals surface area contributed by atoms with E-state index in [4.69, 9.17) is 11.0 Å². The Kier molecular flexibility index (Phi) is 3.48. The third-order valence-electron chi connectivity index (χ3n) is 3.43. The van der Waals surface area contributed by atoms with Gasteiger partial charge in [-0.05, 0) is 37.8 Å². The molecule has 2 rings (SSSR count). The van der Waals surface area contributed by atoms with E-state index in [0.717, 1.165) is 24.8 Å². The lowest BCUT2D eigenvalue weighted by Crippen LogP contribution is -2.33. The minimum atomic E-state index is 0.328. The molecule has 0 aliphatic heterocycles. The number of rotatable bonds is 4. The van der Waals surface area contributed by atoms with Crippen molar-refractivity contribution in [2.45, 2.75) is 26.2 Å². The lowest BCUT2D eigenvalue weighted by molar-refractivity contribution is 0.318. The second-order valence-electron chi connectivity index (χ2n) is 4.55. The normalized spacial score (nSPS) is 15.1. The number of nitriles is 1. The van der Waals surface area contributed by atoms with Gasteiger partial charge in [-0.15, -0.1) is 0 Å². The molecule has 0 radical (unpaired) electrons. The molecule has 0 saturated heterocycles. The molecule has 1 heterocycles. The number of nitrogens with two attached hydrogens (primary N) is 1. The van der Waals surface area contributed by atoms with Gasteiger partial charge in [0.05, 0.1) is 5.69 Å². The van der Waals surface area contributed by atoms with E-state index in [0.29, 0.717) is 11.4 Å². The summed E-state index contributed by atoms with van der Waals surface area (Å²) in [4.78, 5) is 6.54. The third-order valence-corrected chi connectivity index (χ3v) is 3.43. The lowest BCUT2D eigenvalue weighted by Gasteiger charge is -2.32. The van der Waals surface area contributed by atoms with Gasteiger partial charge in [-0.1, -0.05) is 6.42 Å². The molecule has 2 N–H and O–H groups in total. The van der Waals surface area contributed by atoms with Crippen LogP contribution in [0.4, 0.5) is 11.5 Å². The quantitative estimate of drug-likeness (QED) is 0.860. The second kappa shape index (κ2) is 5.05. The van der Waals surface area contributed by atoms with Crippen LogP contribution >= 0.6 is 0 Å². The fourth-order valence-electron chi connectivity index (χ4n) is 2.10. The third kappa shape index (κ3) is 2.50. The molecular weight excluding hydrogens is 212 g/mol. The number of nitrogen functional groups attached to an aromatic ring is 1. The van der Waals surface area contributed by atoms with Crippen molar-refractivity contribution in [3.63, 3.8) is 0 Å².